The summed E-state index contributed by atoms with van der Waals surface area (Å²) in [6.45, 7) is 5.20. The second kappa shape index (κ2) is 6.54. The van der Waals surface area contributed by atoms with Crippen molar-refractivity contribution < 1.29 is 27.1 Å². The molecule has 110 valence electrons. The first-order valence-electron chi connectivity index (χ1n) is 5.94. The summed E-state index contributed by atoms with van der Waals surface area (Å²) in [5, 5.41) is 0. The van der Waals surface area contributed by atoms with Gasteiger partial charge in [-0.15, -0.1) is 0 Å². The van der Waals surface area contributed by atoms with Crippen molar-refractivity contribution in [3.63, 3.8) is 0 Å². The Balaban J connectivity index is 2.79. The van der Waals surface area contributed by atoms with Gasteiger partial charge in [-0.05, 0) is 24.1 Å². The van der Waals surface area contributed by atoms with Crippen LogP contribution in [-0.4, -0.2) is 12.6 Å². The van der Waals surface area contributed by atoms with Crippen molar-refractivity contribution in [2.45, 2.75) is 25.7 Å². The molecule has 1 atom stereocenters. The zero-order valence-electron chi connectivity index (χ0n) is 10.8. The van der Waals surface area contributed by atoms with Gasteiger partial charge in [0.15, 0.2) is 6.17 Å². The minimum atomic E-state index is -4.48. The van der Waals surface area contributed by atoms with Gasteiger partial charge in [0.25, 0.3) is 0 Å². The molecule has 0 aliphatic rings. The van der Waals surface area contributed by atoms with E-state index < -0.39 is 29.5 Å². The summed E-state index contributed by atoms with van der Waals surface area (Å²) in [6.07, 6.45) is -5.79. The van der Waals surface area contributed by atoms with Crippen LogP contribution in [0.4, 0.5) is 17.6 Å². The summed E-state index contributed by atoms with van der Waals surface area (Å²) >= 11 is 0. The minimum absolute atomic E-state index is 0.0727. The highest BCUT2D eigenvalue weighted by Gasteiger charge is 2.30. The molecule has 1 rings (SSSR count). The van der Waals surface area contributed by atoms with Crippen LogP contribution < -0.4 is 0 Å². The molecule has 2 nitrogen and oxygen atoms in total. The van der Waals surface area contributed by atoms with Crippen LogP contribution in [-0.2, 0) is 15.7 Å². The Kier molecular flexibility index (Phi) is 5.30. The Morgan fingerprint density at radius 3 is 2.30 bits per heavy atom. The van der Waals surface area contributed by atoms with E-state index >= 15 is 0 Å². The van der Waals surface area contributed by atoms with Gasteiger partial charge < -0.3 is 4.74 Å². The Hall–Kier alpha value is -1.85. The monoisotopic (exact) mass is 290 g/mol. The van der Waals surface area contributed by atoms with Crippen molar-refractivity contribution in [1.82, 2.24) is 0 Å². The lowest BCUT2D eigenvalue weighted by Crippen LogP contribution is -2.12. The van der Waals surface area contributed by atoms with Crippen LogP contribution in [0.25, 0.3) is 0 Å². The van der Waals surface area contributed by atoms with E-state index in [2.05, 4.69) is 6.58 Å². The van der Waals surface area contributed by atoms with Crippen LogP contribution in [0.1, 0.15) is 30.6 Å². The fourth-order valence-electron chi connectivity index (χ4n) is 1.43. The second-order valence-corrected chi connectivity index (χ2v) is 4.14. The summed E-state index contributed by atoms with van der Waals surface area (Å²) in [6, 6.07) is 3.47. The van der Waals surface area contributed by atoms with E-state index in [-0.39, 0.29) is 12.2 Å². The fourth-order valence-corrected chi connectivity index (χ4v) is 1.43. The largest absolute Gasteiger partial charge is 0.462 e. The summed E-state index contributed by atoms with van der Waals surface area (Å²) in [5.41, 5.74) is -1.39. The standard InChI is InChI=1S/C14H14F4O2/c1-3-8-20-13(19)9(2)12(15)10-4-6-11(7-5-10)14(16,17)18/h4-7,12H,2-3,8H2,1H3. The van der Waals surface area contributed by atoms with Crippen molar-refractivity contribution in [2.24, 2.45) is 0 Å². The lowest BCUT2D eigenvalue weighted by atomic mass is 10.0. The quantitative estimate of drug-likeness (QED) is 0.461. The van der Waals surface area contributed by atoms with Crippen molar-refractivity contribution in [3.05, 3.63) is 47.5 Å². The van der Waals surface area contributed by atoms with E-state index in [0.717, 1.165) is 24.3 Å². The van der Waals surface area contributed by atoms with Gasteiger partial charge in [0.05, 0.1) is 17.7 Å². The zero-order chi connectivity index (χ0) is 15.3. The van der Waals surface area contributed by atoms with E-state index in [9.17, 15) is 22.4 Å². The van der Waals surface area contributed by atoms with Crippen LogP contribution in [0.3, 0.4) is 0 Å². The molecule has 0 aliphatic heterocycles. The molecule has 0 heterocycles. The Bertz CT molecular complexity index is 477. The highest BCUT2D eigenvalue weighted by molar-refractivity contribution is 5.89. The molecule has 0 aliphatic carbocycles. The van der Waals surface area contributed by atoms with Crippen molar-refractivity contribution in [1.29, 1.82) is 0 Å². The second-order valence-electron chi connectivity index (χ2n) is 4.14. The maximum Gasteiger partial charge on any atom is 0.416 e. The SMILES string of the molecule is C=C(C(=O)OCCC)C(F)c1ccc(C(F)(F)F)cc1. The van der Waals surface area contributed by atoms with E-state index in [1.165, 1.54) is 0 Å². The molecule has 0 spiro atoms. The number of carbonyl (C=O) groups excluding carboxylic acids is 1. The first-order chi connectivity index (χ1) is 9.27. The average molecular weight is 290 g/mol. The van der Waals surface area contributed by atoms with Crippen LogP contribution in [0.15, 0.2) is 36.4 Å². The average Bonchev–Trinajstić information content (AvgIpc) is 2.42. The minimum Gasteiger partial charge on any atom is -0.462 e. The summed E-state index contributed by atoms with van der Waals surface area (Å²) in [5.74, 6) is -0.890. The van der Waals surface area contributed by atoms with E-state index in [0.29, 0.717) is 6.42 Å². The maximum atomic E-state index is 14.0. The predicted molar refractivity (Wildman–Crippen MR) is 65.7 cm³/mol. The van der Waals surface area contributed by atoms with Gasteiger partial charge in [0.2, 0.25) is 0 Å². The number of carbonyl (C=O) groups is 1. The first kappa shape index (κ1) is 16.2. The highest BCUT2D eigenvalue weighted by Crippen LogP contribution is 2.32. The predicted octanol–water partition coefficient (Wildman–Crippen LogP) is 4.23. The van der Waals surface area contributed by atoms with Crippen molar-refractivity contribution in [3.8, 4) is 0 Å². The normalized spacial score (nSPS) is 12.8. The number of halogens is 4. The molecule has 1 aromatic carbocycles. The van der Waals surface area contributed by atoms with E-state index in [1.807, 2.05) is 0 Å². The number of rotatable bonds is 5. The molecule has 0 N–H and O–H groups in total. The molecule has 0 saturated carbocycles. The molecule has 0 radical (unpaired) electrons. The van der Waals surface area contributed by atoms with E-state index in [4.69, 9.17) is 4.74 Å². The molecular weight excluding hydrogens is 276 g/mol. The molecule has 0 fully saturated rings. The van der Waals surface area contributed by atoms with Gasteiger partial charge in [0, 0.05) is 0 Å². The van der Waals surface area contributed by atoms with Crippen molar-refractivity contribution in [2.75, 3.05) is 6.61 Å². The van der Waals surface area contributed by atoms with Crippen LogP contribution in [0.5, 0.6) is 0 Å². The molecule has 0 aromatic heterocycles. The van der Waals surface area contributed by atoms with Gasteiger partial charge in [-0.3, -0.25) is 0 Å². The molecule has 1 aromatic rings. The summed E-state index contributed by atoms with van der Waals surface area (Å²) in [7, 11) is 0. The van der Waals surface area contributed by atoms with Crippen molar-refractivity contribution >= 4 is 5.97 Å². The molecule has 1 unspecified atom stereocenters. The summed E-state index contributed by atoms with van der Waals surface area (Å²) < 4.78 is 55.8. The highest BCUT2D eigenvalue weighted by atomic mass is 19.4. The van der Waals surface area contributed by atoms with Gasteiger partial charge in [-0.2, -0.15) is 13.2 Å². The van der Waals surface area contributed by atoms with Crippen LogP contribution in [0.2, 0.25) is 0 Å². The van der Waals surface area contributed by atoms with Gasteiger partial charge in [-0.25, -0.2) is 9.18 Å². The topological polar surface area (TPSA) is 26.3 Å². The smallest absolute Gasteiger partial charge is 0.416 e. The molecule has 0 saturated heterocycles. The number of ether oxygens (including phenoxy) is 1. The lowest BCUT2D eigenvalue weighted by molar-refractivity contribution is -0.140. The number of hydrogen-bond donors (Lipinski definition) is 0. The number of esters is 1. The fraction of sp³-hybridized carbons (Fsp3) is 0.357. The van der Waals surface area contributed by atoms with Crippen LogP contribution >= 0.6 is 0 Å². The Morgan fingerprint density at radius 2 is 1.85 bits per heavy atom. The first-order valence-corrected chi connectivity index (χ1v) is 5.94. The van der Waals surface area contributed by atoms with Crippen LogP contribution in [0, 0.1) is 0 Å². The third kappa shape index (κ3) is 4.08. The molecule has 20 heavy (non-hydrogen) atoms. The number of hydrogen-bond acceptors (Lipinski definition) is 2. The van der Waals surface area contributed by atoms with E-state index in [1.54, 1.807) is 6.92 Å². The molecule has 6 heteroatoms. The third-order valence-electron chi connectivity index (χ3n) is 2.54. The number of alkyl halides is 4. The Labute approximate surface area is 114 Å². The Morgan fingerprint density at radius 1 is 1.30 bits per heavy atom. The molecule has 0 amide bonds. The number of benzene rings is 1. The van der Waals surface area contributed by atoms with Gasteiger partial charge in [0.1, 0.15) is 0 Å². The third-order valence-corrected chi connectivity index (χ3v) is 2.54. The zero-order valence-corrected chi connectivity index (χ0v) is 10.8. The summed E-state index contributed by atoms with van der Waals surface area (Å²) in [4.78, 5) is 11.4. The molecule has 0 bridgehead atoms. The van der Waals surface area contributed by atoms with Gasteiger partial charge >= 0.3 is 12.1 Å². The lowest BCUT2D eigenvalue weighted by Gasteiger charge is -2.12. The molecular formula is C14H14F4O2. The van der Waals surface area contributed by atoms with Gasteiger partial charge in [-0.1, -0.05) is 25.6 Å². The maximum absolute atomic E-state index is 14.0.